The zero-order valence-electron chi connectivity index (χ0n) is 11.5. The summed E-state index contributed by atoms with van der Waals surface area (Å²) in [5, 5.41) is 3.99. The van der Waals surface area contributed by atoms with Crippen molar-refractivity contribution in [2.75, 3.05) is 0 Å². The Morgan fingerprint density at radius 1 is 1.13 bits per heavy atom. The second kappa shape index (κ2) is 7.09. The highest BCUT2D eigenvalue weighted by Gasteiger charge is 2.24. The fourth-order valence-corrected chi connectivity index (χ4v) is 3.32. The molecule has 0 aromatic heterocycles. The third-order valence-electron chi connectivity index (χ3n) is 2.97. The minimum atomic E-state index is -0.185. The Labute approximate surface area is 155 Å². The fraction of sp³-hybridized carbons (Fsp3) is 0. The van der Waals surface area contributed by atoms with Crippen LogP contribution in [0.2, 0.25) is 10.0 Å². The van der Waals surface area contributed by atoms with Crippen LogP contribution in [0.3, 0.4) is 0 Å². The maximum Gasteiger partial charge on any atom is 0.264 e. The lowest BCUT2D eigenvalue weighted by atomic mass is 10.2. The van der Waals surface area contributed by atoms with E-state index in [1.165, 1.54) is 11.8 Å². The molecule has 3 rings (SSSR count). The van der Waals surface area contributed by atoms with E-state index in [-0.39, 0.29) is 5.91 Å². The van der Waals surface area contributed by atoms with Crippen molar-refractivity contribution >= 4 is 73.7 Å². The van der Waals surface area contributed by atoms with Gasteiger partial charge in [0, 0.05) is 4.47 Å². The summed E-state index contributed by atoms with van der Waals surface area (Å²) in [5.41, 5.74) is 1.46. The van der Waals surface area contributed by atoms with E-state index in [2.05, 4.69) is 26.2 Å². The van der Waals surface area contributed by atoms with Gasteiger partial charge in [-0.05, 0) is 47.7 Å². The molecule has 0 saturated carbocycles. The highest BCUT2D eigenvalue weighted by Crippen LogP contribution is 2.34. The maximum absolute atomic E-state index is 12.0. The molecule has 0 spiro atoms. The van der Waals surface area contributed by atoms with Gasteiger partial charge in [-0.25, -0.2) is 4.99 Å². The molecular weight excluding hydrogens is 419 g/mol. The quantitative estimate of drug-likeness (QED) is 0.629. The van der Waals surface area contributed by atoms with Crippen LogP contribution in [0.15, 0.2) is 56.8 Å². The second-order valence-corrected chi connectivity index (χ2v) is 7.34. The van der Waals surface area contributed by atoms with E-state index in [4.69, 9.17) is 23.2 Å². The number of amidine groups is 1. The molecule has 1 N–H and O–H groups in total. The molecule has 23 heavy (non-hydrogen) atoms. The van der Waals surface area contributed by atoms with Crippen LogP contribution >= 0.6 is 50.9 Å². The van der Waals surface area contributed by atoms with Crippen molar-refractivity contribution in [2.24, 2.45) is 4.99 Å². The number of thioether (sulfide) groups is 1. The van der Waals surface area contributed by atoms with Crippen molar-refractivity contribution in [3.05, 3.63) is 67.5 Å². The number of carbonyl (C=O) groups excluding carboxylic acids is 1. The van der Waals surface area contributed by atoms with E-state index >= 15 is 0 Å². The Morgan fingerprint density at radius 2 is 1.87 bits per heavy atom. The van der Waals surface area contributed by atoms with Gasteiger partial charge in [-0.15, -0.1) is 0 Å². The minimum Gasteiger partial charge on any atom is -0.300 e. The predicted octanol–water partition coefficient (Wildman–Crippen LogP) is 5.65. The van der Waals surface area contributed by atoms with Crippen molar-refractivity contribution in [1.29, 1.82) is 0 Å². The molecule has 1 aliphatic heterocycles. The smallest absolute Gasteiger partial charge is 0.264 e. The molecule has 1 amide bonds. The first-order valence-corrected chi connectivity index (χ1v) is 8.88. The van der Waals surface area contributed by atoms with Crippen molar-refractivity contribution in [3.63, 3.8) is 0 Å². The Hall–Kier alpha value is -1.27. The van der Waals surface area contributed by atoms with Gasteiger partial charge in [0.25, 0.3) is 5.91 Å². The molecular formula is C16H9BrCl2N2OS. The van der Waals surface area contributed by atoms with Crippen LogP contribution < -0.4 is 5.32 Å². The van der Waals surface area contributed by atoms with Gasteiger partial charge < -0.3 is 5.32 Å². The Balaban J connectivity index is 1.86. The number of hydrogen-bond donors (Lipinski definition) is 1. The third kappa shape index (κ3) is 3.98. The van der Waals surface area contributed by atoms with Crippen LogP contribution in [0.1, 0.15) is 5.56 Å². The van der Waals surface area contributed by atoms with Crippen molar-refractivity contribution < 1.29 is 4.79 Å². The van der Waals surface area contributed by atoms with Crippen LogP contribution in [0.25, 0.3) is 6.08 Å². The number of nitrogens with zero attached hydrogens (tertiary/aromatic N) is 1. The molecule has 0 unspecified atom stereocenters. The average Bonchev–Trinajstić information content (AvgIpc) is 2.86. The molecule has 116 valence electrons. The molecule has 0 aliphatic carbocycles. The van der Waals surface area contributed by atoms with E-state index in [9.17, 15) is 4.79 Å². The number of benzene rings is 2. The monoisotopic (exact) mass is 426 g/mol. The number of carbonyl (C=O) groups is 1. The van der Waals surface area contributed by atoms with Gasteiger partial charge in [-0.2, -0.15) is 0 Å². The van der Waals surface area contributed by atoms with Crippen LogP contribution in [0.5, 0.6) is 0 Å². The topological polar surface area (TPSA) is 41.5 Å². The van der Waals surface area contributed by atoms with E-state index < -0.39 is 0 Å². The molecule has 2 aromatic carbocycles. The van der Waals surface area contributed by atoms with E-state index in [1.807, 2.05) is 30.3 Å². The normalized spacial score (nSPS) is 17.8. The molecule has 3 nitrogen and oxygen atoms in total. The molecule has 1 heterocycles. The van der Waals surface area contributed by atoms with Crippen LogP contribution in [0.4, 0.5) is 5.69 Å². The summed E-state index contributed by atoms with van der Waals surface area (Å²) >= 11 is 16.7. The lowest BCUT2D eigenvalue weighted by Crippen LogP contribution is -2.19. The molecule has 0 atom stereocenters. The standard InChI is InChI=1S/C16H9BrCl2N2OS/c17-10-6-4-9(5-7-10)8-13-15(22)21-16(23-13)20-12-3-1-2-11(18)14(12)19/h1-8H,(H,20,21,22). The lowest BCUT2D eigenvalue weighted by molar-refractivity contribution is -0.115. The van der Waals surface area contributed by atoms with Gasteiger partial charge in [0.15, 0.2) is 5.17 Å². The third-order valence-corrected chi connectivity index (χ3v) is 5.22. The summed E-state index contributed by atoms with van der Waals surface area (Å²) in [6, 6.07) is 12.9. The number of amides is 1. The Kier molecular flexibility index (Phi) is 5.11. The summed E-state index contributed by atoms with van der Waals surface area (Å²) in [5.74, 6) is -0.185. The van der Waals surface area contributed by atoms with Crippen LogP contribution in [-0.4, -0.2) is 11.1 Å². The first-order chi connectivity index (χ1) is 11.0. The SMILES string of the molecule is O=C1NC(=Nc2cccc(Cl)c2Cl)SC1=Cc1ccc(Br)cc1. The van der Waals surface area contributed by atoms with Gasteiger partial charge in [0.2, 0.25) is 0 Å². The highest BCUT2D eigenvalue weighted by molar-refractivity contribution is 9.10. The maximum atomic E-state index is 12.0. The summed E-state index contributed by atoms with van der Waals surface area (Å²) in [7, 11) is 0. The molecule has 2 aromatic rings. The first-order valence-electron chi connectivity index (χ1n) is 6.52. The number of rotatable bonds is 2. The number of aliphatic imine (C=N–C) groups is 1. The van der Waals surface area contributed by atoms with Crippen molar-refractivity contribution in [2.45, 2.75) is 0 Å². The van der Waals surface area contributed by atoms with Crippen molar-refractivity contribution in [1.82, 2.24) is 5.32 Å². The van der Waals surface area contributed by atoms with Crippen LogP contribution in [-0.2, 0) is 4.79 Å². The van der Waals surface area contributed by atoms with E-state index in [0.29, 0.717) is 25.8 Å². The molecule has 7 heteroatoms. The number of hydrogen-bond acceptors (Lipinski definition) is 3. The molecule has 0 bridgehead atoms. The summed E-state index contributed by atoms with van der Waals surface area (Å²) in [4.78, 5) is 17.0. The second-order valence-electron chi connectivity index (χ2n) is 4.61. The van der Waals surface area contributed by atoms with E-state index in [0.717, 1.165) is 10.0 Å². The summed E-state index contributed by atoms with van der Waals surface area (Å²) in [6.07, 6.45) is 1.81. The van der Waals surface area contributed by atoms with Crippen molar-refractivity contribution in [3.8, 4) is 0 Å². The van der Waals surface area contributed by atoms with E-state index in [1.54, 1.807) is 18.2 Å². The summed E-state index contributed by atoms with van der Waals surface area (Å²) < 4.78 is 0.987. The molecule has 1 saturated heterocycles. The summed E-state index contributed by atoms with van der Waals surface area (Å²) in [6.45, 7) is 0. The van der Waals surface area contributed by atoms with Gasteiger partial charge in [0.1, 0.15) is 0 Å². The highest BCUT2D eigenvalue weighted by atomic mass is 79.9. The minimum absolute atomic E-state index is 0.185. The molecule has 1 fully saturated rings. The molecule has 1 aliphatic rings. The predicted molar refractivity (Wildman–Crippen MR) is 101 cm³/mol. The Morgan fingerprint density at radius 3 is 2.61 bits per heavy atom. The molecule has 0 radical (unpaired) electrons. The zero-order valence-corrected chi connectivity index (χ0v) is 15.4. The van der Waals surface area contributed by atoms with Gasteiger partial charge in [-0.3, -0.25) is 4.79 Å². The lowest BCUT2D eigenvalue weighted by Gasteiger charge is -2.00. The first kappa shape index (κ1) is 16.6. The zero-order chi connectivity index (χ0) is 16.4. The van der Waals surface area contributed by atoms with Gasteiger partial charge in [0.05, 0.1) is 20.6 Å². The average molecular weight is 428 g/mol. The van der Waals surface area contributed by atoms with Gasteiger partial charge in [-0.1, -0.05) is 57.3 Å². The largest absolute Gasteiger partial charge is 0.300 e. The van der Waals surface area contributed by atoms with Crippen LogP contribution in [0, 0.1) is 0 Å². The number of nitrogens with one attached hydrogen (secondary N) is 1. The number of halogens is 3. The van der Waals surface area contributed by atoms with Gasteiger partial charge >= 0.3 is 0 Å². The fourth-order valence-electron chi connectivity index (χ4n) is 1.88. The Bertz CT molecular complexity index is 834.